The van der Waals surface area contributed by atoms with Gasteiger partial charge in [0.25, 0.3) is 0 Å². The number of carboxylic acids is 1. The Kier molecular flexibility index (Phi) is 4.44. The minimum atomic E-state index is -1.01. The van der Waals surface area contributed by atoms with Gasteiger partial charge >= 0.3 is 5.97 Å². The topological polar surface area (TPSA) is 106 Å². The van der Waals surface area contributed by atoms with Gasteiger partial charge in [0.05, 0.1) is 11.3 Å². The highest BCUT2D eigenvalue weighted by atomic mass is 16.6. The fraction of sp³-hybridized carbons (Fsp3) is 0.105. The van der Waals surface area contributed by atoms with Gasteiger partial charge in [-0.05, 0) is 24.3 Å². The minimum Gasteiger partial charge on any atom is -0.486 e. The lowest BCUT2D eigenvalue weighted by molar-refractivity contribution is 0.0698. The van der Waals surface area contributed by atoms with E-state index in [9.17, 15) is 9.90 Å². The van der Waals surface area contributed by atoms with E-state index < -0.39 is 5.97 Å². The molecule has 0 bridgehead atoms. The highest BCUT2D eigenvalue weighted by molar-refractivity contribution is 5.95. The molecule has 4 rings (SSSR count). The second-order valence-corrected chi connectivity index (χ2v) is 5.75. The maximum Gasteiger partial charge on any atom is 0.337 e. The minimum absolute atomic E-state index is 0.164. The number of nitrogens with one attached hydrogen (secondary N) is 2. The van der Waals surface area contributed by atoms with Gasteiger partial charge in [-0.3, -0.25) is 0 Å². The van der Waals surface area contributed by atoms with E-state index in [1.807, 2.05) is 18.2 Å². The number of ether oxygens (including phenoxy) is 2. The Morgan fingerprint density at radius 3 is 2.48 bits per heavy atom. The summed E-state index contributed by atoms with van der Waals surface area (Å²) in [7, 11) is 0. The highest BCUT2D eigenvalue weighted by Crippen LogP contribution is 2.33. The SMILES string of the molecule is O=C(O)c1ccccc1Nc1cc(Nc2ccc3c(c2)OCCO3)ncn1. The Bertz CT molecular complexity index is 993. The van der Waals surface area contributed by atoms with Crippen molar-refractivity contribution in [2.75, 3.05) is 23.8 Å². The Hall–Kier alpha value is -3.81. The fourth-order valence-electron chi connectivity index (χ4n) is 2.68. The van der Waals surface area contributed by atoms with Gasteiger partial charge in [0.1, 0.15) is 31.2 Å². The van der Waals surface area contributed by atoms with Crippen LogP contribution >= 0.6 is 0 Å². The van der Waals surface area contributed by atoms with Gasteiger partial charge in [-0.1, -0.05) is 12.1 Å². The number of para-hydroxylation sites is 1. The van der Waals surface area contributed by atoms with E-state index in [0.717, 1.165) is 5.69 Å². The molecule has 0 amide bonds. The summed E-state index contributed by atoms with van der Waals surface area (Å²) in [5, 5.41) is 15.5. The van der Waals surface area contributed by atoms with Crippen LogP contribution in [0.3, 0.4) is 0 Å². The third kappa shape index (κ3) is 3.74. The van der Waals surface area contributed by atoms with E-state index in [2.05, 4.69) is 20.6 Å². The normalized spacial score (nSPS) is 12.3. The molecule has 1 aromatic heterocycles. The number of anilines is 4. The van der Waals surface area contributed by atoms with Crippen molar-refractivity contribution in [2.45, 2.75) is 0 Å². The first-order chi connectivity index (χ1) is 13.2. The first-order valence-electron chi connectivity index (χ1n) is 8.27. The van der Waals surface area contributed by atoms with Crippen LogP contribution in [0.15, 0.2) is 54.9 Å². The Morgan fingerprint density at radius 1 is 0.926 bits per heavy atom. The van der Waals surface area contributed by atoms with E-state index in [-0.39, 0.29) is 5.56 Å². The molecule has 0 saturated carbocycles. The van der Waals surface area contributed by atoms with Gasteiger partial charge in [0.2, 0.25) is 0 Å². The van der Waals surface area contributed by atoms with E-state index in [1.54, 1.807) is 24.3 Å². The predicted molar refractivity (Wildman–Crippen MR) is 99.4 cm³/mol. The van der Waals surface area contributed by atoms with Gasteiger partial charge in [-0.2, -0.15) is 0 Å². The number of nitrogens with zero attached hydrogens (tertiary/aromatic N) is 2. The van der Waals surface area contributed by atoms with Crippen LogP contribution in [0.4, 0.5) is 23.0 Å². The number of rotatable bonds is 5. The van der Waals surface area contributed by atoms with Crippen LogP contribution in [-0.2, 0) is 0 Å². The lowest BCUT2D eigenvalue weighted by Gasteiger charge is -2.19. The van der Waals surface area contributed by atoms with Crippen LogP contribution < -0.4 is 20.1 Å². The molecule has 1 aliphatic heterocycles. The molecule has 0 unspecified atom stereocenters. The molecule has 2 heterocycles. The van der Waals surface area contributed by atoms with Crippen LogP contribution in [0, 0.1) is 0 Å². The summed E-state index contributed by atoms with van der Waals surface area (Å²) in [6.45, 7) is 1.06. The molecule has 0 atom stereocenters. The van der Waals surface area contributed by atoms with Crippen molar-refractivity contribution >= 4 is 29.0 Å². The summed E-state index contributed by atoms with van der Waals surface area (Å²) in [5.74, 6) is 1.40. The standard InChI is InChI=1S/C19H16N4O4/c24-19(25)13-3-1-2-4-14(13)23-18-10-17(20-11-21-18)22-12-5-6-15-16(9-12)27-8-7-26-15/h1-6,9-11H,7-8H2,(H,24,25)(H2,20,21,22,23). The van der Waals surface area contributed by atoms with Crippen LogP contribution in [0.1, 0.15) is 10.4 Å². The Labute approximate surface area is 154 Å². The Morgan fingerprint density at radius 2 is 1.67 bits per heavy atom. The van der Waals surface area contributed by atoms with Crippen molar-refractivity contribution in [2.24, 2.45) is 0 Å². The molecule has 3 N–H and O–H groups in total. The van der Waals surface area contributed by atoms with Gasteiger partial charge in [0.15, 0.2) is 11.5 Å². The predicted octanol–water partition coefficient (Wildman–Crippen LogP) is 3.43. The van der Waals surface area contributed by atoms with Crippen LogP contribution in [-0.4, -0.2) is 34.3 Å². The third-order valence-electron chi connectivity index (χ3n) is 3.90. The lowest BCUT2D eigenvalue weighted by atomic mass is 10.2. The third-order valence-corrected chi connectivity index (χ3v) is 3.90. The molecule has 1 aliphatic rings. The largest absolute Gasteiger partial charge is 0.486 e. The first kappa shape index (κ1) is 16.6. The molecule has 0 fully saturated rings. The smallest absolute Gasteiger partial charge is 0.337 e. The van der Waals surface area contributed by atoms with E-state index in [0.29, 0.717) is 42.0 Å². The zero-order valence-electron chi connectivity index (χ0n) is 14.2. The van der Waals surface area contributed by atoms with Crippen LogP contribution in [0.25, 0.3) is 0 Å². The Balaban J connectivity index is 1.54. The summed E-state index contributed by atoms with van der Waals surface area (Å²) < 4.78 is 11.1. The maximum atomic E-state index is 11.3. The number of hydrogen-bond acceptors (Lipinski definition) is 7. The molecule has 0 radical (unpaired) electrons. The van der Waals surface area contributed by atoms with Crippen molar-refractivity contribution in [1.29, 1.82) is 0 Å². The molecular formula is C19H16N4O4. The summed E-state index contributed by atoms with van der Waals surface area (Å²) in [6, 6.07) is 13.9. The summed E-state index contributed by atoms with van der Waals surface area (Å²) in [4.78, 5) is 19.7. The summed E-state index contributed by atoms with van der Waals surface area (Å²) >= 11 is 0. The van der Waals surface area contributed by atoms with Crippen molar-refractivity contribution in [3.63, 3.8) is 0 Å². The van der Waals surface area contributed by atoms with Crippen molar-refractivity contribution in [3.05, 3.63) is 60.4 Å². The van der Waals surface area contributed by atoms with Gasteiger partial charge in [-0.15, -0.1) is 0 Å². The second kappa shape index (κ2) is 7.20. The number of carboxylic acid groups (broad SMARTS) is 1. The second-order valence-electron chi connectivity index (χ2n) is 5.75. The van der Waals surface area contributed by atoms with Gasteiger partial charge in [0, 0.05) is 17.8 Å². The number of aromatic carboxylic acids is 1. The van der Waals surface area contributed by atoms with Crippen molar-refractivity contribution in [1.82, 2.24) is 9.97 Å². The average Bonchev–Trinajstić information content (AvgIpc) is 2.68. The highest BCUT2D eigenvalue weighted by Gasteiger charge is 2.13. The van der Waals surface area contributed by atoms with Gasteiger partial charge < -0.3 is 25.2 Å². The molecule has 0 saturated heterocycles. The monoisotopic (exact) mass is 364 g/mol. The number of fused-ring (bicyclic) bond motifs is 1. The van der Waals surface area contributed by atoms with Crippen LogP contribution in [0.2, 0.25) is 0 Å². The maximum absolute atomic E-state index is 11.3. The molecule has 0 spiro atoms. The molecule has 0 aliphatic carbocycles. The van der Waals surface area contributed by atoms with Crippen molar-refractivity contribution < 1.29 is 19.4 Å². The number of carbonyl (C=O) groups is 1. The van der Waals surface area contributed by atoms with E-state index in [4.69, 9.17) is 9.47 Å². The van der Waals surface area contributed by atoms with Gasteiger partial charge in [-0.25, -0.2) is 14.8 Å². The number of aromatic nitrogens is 2. The lowest BCUT2D eigenvalue weighted by Crippen LogP contribution is -2.15. The summed E-state index contributed by atoms with van der Waals surface area (Å²) in [6.07, 6.45) is 1.39. The fourth-order valence-corrected chi connectivity index (χ4v) is 2.68. The molecule has 2 aromatic carbocycles. The molecule has 27 heavy (non-hydrogen) atoms. The molecular weight excluding hydrogens is 348 g/mol. The average molecular weight is 364 g/mol. The van der Waals surface area contributed by atoms with E-state index in [1.165, 1.54) is 12.4 Å². The van der Waals surface area contributed by atoms with Crippen molar-refractivity contribution in [3.8, 4) is 11.5 Å². The quantitative estimate of drug-likeness (QED) is 0.632. The zero-order chi connectivity index (χ0) is 18.6. The zero-order valence-corrected chi connectivity index (χ0v) is 14.2. The number of benzene rings is 2. The molecule has 8 nitrogen and oxygen atoms in total. The first-order valence-corrected chi connectivity index (χ1v) is 8.27. The van der Waals surface area contributed by atoms with E-state index >= 15 is 0 Å². The summed E-state index contributed by atoms with van der Waals surface area (Å²) in [5.41, 5.74) is 1.40. The molecule has 136 valence electrons. The molecule has 8 heteroatoms. The molecule has 3 aromatic rings. The number of hydrogen-bond donors (Lipinski definition) is 3. The van der Waals surface area contributed by atoms with Crippen LogP contribution in [0.5, 0.6) is 11.5 Å².